The third-order valence-corrected chi connectivity index (χ3v) is 3.11. The first-order chi connectivity index (χ1) is 8.20. The van der Waals surface area contributed by atoms with E-state index in [9.17, 15) is 5.11 Å². The summed E-state index contributed by atoms with van der Waals surface area (Å²) >= 11 is 1.85. The topological polar surface area (TPSA) is 50.7 Å². The Morgan fingerprint density at radius 1 is 1.24 bits per heavy atom. The molecule has 0 heterocycles. The first kappa shape index (κ1) is 17.2. The van der Waals surface area contributed by atoms with Crippen LogP contribution in [0.5, 0.6) is 0 Å². The second kappa shape index (κ2) is 12.6. The quantitative estimate of drug-likeness (QED) is 0.515. The van der Waals surface area contributed by atoms with Crippen LogP contribution in [0.3, 0.4) is 0 Å². The van der Waals surface area contributed by atoms with E-state index in [0.29, 0.717) is 38.9 Å². The molecule has 0 saturated heterocycles. The highest BCUT2D eigenvalue weighted by Gasteiger charge is 2.05. The summed E-state index contributed by atoms with van der Waals surface area (Å²) in [5, 5.41) is 12.9. The van der Waals surface area contributed by atoms with Crippen molar-refractivity contribution in [3.63, 3.8) is 0 Å². The van der Waals surface area contributed by atoms with Crippen molar-refractivity contribution in [2.45, 2.75) is 20.0 Å². The third kappa shape index (κ3) is 12.4. The Labute approximate surface area is 109 Å². The number of nitrogens with one attached hydrogen (secondary N) is 1. The molecule has 0 aromatic heterocycles. The first-order valence-electron chi connectivity index (χ1n) is 6.23. The van der Waals surface area contributed by atoms with Gasteiger partial charge in [0, 0.05) is 13.2 Å². The van der Waals surface area contributed by atoms with Crippen molar-refractivity contribution >= 4 is 11.8 Å². The smallest absolute Gasteiger partial charge is 0.0897 e. The fourth-order valence-electron chi connectivity index (χ4n) is 1.38. The molecule has 0 amide bonds. The molecular formula is C12H27NO3S. The number of rotatable bonds is 12. The maximum absolute atomic E-state index is 9.61. The minimum Gasteiger partial charge on any atom is -0.389 e. The Morgan fingerprint density at radius 2 is 1.94 bits per heavy atom. The maximum Gasteiger partial charge on any atom is 0.0897 e. The van der Waals surface area contributed by atoms with Gasteiger partial charge in [0.2, 0.25) is 0 Å². The summed E-state index contributed by atoms with van der Waals surface area (Å²) in [6.45, 7) is 7.92. The van der Waals surface area contributed by atoms with Crippen LogP contribution in [0.4, 0.5) is 0 Å². The van der Waals surface area contributed by atoms with Gasteiger partial charge in [-0.25, -0.2) is 0 Å². The van der Waals surface area contributed by atoms with Crippen molar-refractivity contribution in [2.24, 2.45) is 5.92 Å². The van der Waals surface area contributed by atoms with Crippen molar-refractivity contribution in [1.82, 2.24) is 5.32 Å². The minimum atomic E-state index is -0.432. The third-order valence-electron chi connectivity index (χ3n) is 2.21. The van der Waals surface area contributed by atoms with Gasteiger partial charge in [0.25, 0.3) is 0 Å². The number of hydrogen-bond acceptors (Lipinski definition) is 5. The number of aliphatic hydroxyl groups excluding tert-OH is 1. The molecule has 5 heteroatoms. The Hall–Kier alpha value is 0.190. The van der Waals surface area contributed by atoms with Gasteiger partial charge in [-0.05, 0) is 31.4 Å². The zero-order valence-electron chi connectivity index (χ0n) is 11.3. The van der Waals surface area contributed by atoms with Crippen LogP contribution in [0.15, 0.2) is 0 Å². The fraction of sp³-hybridized carbons (Fsp3) is 1.00. The summed E-state index contributed by atoms with van der Waals surface area (Å²) in [6.07, 6.45) is 1.68. The van der Waals surface area contributed by atoms with Gasteiger partial charge in [0.05, 0.1) is 25.9 Å². The molecule has 0 aliphatic rings. The van der Waals surface area contributed by atoms with Crippen LogP contribution in [0.2, 0.25) is 0 Å². The van der Waals surface area contributed by atoms with Crippen molar-refractivity contribution < 1.29 is 14.6 Å². The van der Waals surface area contributed by atoms with Gasteiger partial charge in [-0.2, -0.15) is 11.8 Å². The van der Waals surface area contributed by atoms with Crippen molar-refractivity contribution in [3.05, 3.63) is 0 Å². The number of ether oxygens (including phenoxy) is 2. The van der Waals surface area contributed by atoms with E-state index in [2.05, 4.69) is 18.5 Å². The number of hydrogen-bond donors (Lipinski definition) is 2. The highest BCUT2D eigenvalue weighted by Crippen LogP contribution is 2.02. The summed E-state index contributed by atoms with van der Waals surface area (Å²) in [6, 6.07) is 0. The number of aliphatic hydroxyl groups is 1. The van der Waals surface area contributed by atoms with Crippen molar-refractivity contribution in [1.29, 1.82) is 0 Å². The van der Waals surface area contributed by atoms with Gasteiger partial charge >= 0.3 is 0 Å². The van der Waals surface area contributed by atoms with Crippen LogP contribution in [0.1, 0.15) is 13.8 Å². The Bertz CT molecular complexity index is 161. The van der Waals surface area contributed by atoms with Gasteiger partial charge < -0.3 is 19.9 Å². The molecule has 104 valence electrons. The van der Waals surface area contributed by atoms with Gasteiger partial charge in [0.15, 0.2) is 0 Å². The lowest BCUT2D eigenvalue weighted by molar-refractivity contribution is 0.00640. The molecule has 4 nitrogen and oxygen atoms in total. The van der Waals surface area contributed by atoms with Crippen LogP contribution in [-0.4, -0.2) is 62.7 Å². The Kier molecular flexibility index (Phi) is 12.8. The van der Waals surface area contributed by atoms with E-state index in [1.807, 2.05) is 18.7 Å². The standard InChI is InChI=1S/C12H27NO3S/c1-4-15-5-6-16-9-12(14)8-13-7-11(2)10-17-3/h11-14H,4-10H2,1-3H3. The molecule has 0 aliphatic heterocycles. The normalized spacial score (nSPS) is 14.8. The van der Waals surface area contributed by atoms with Gasteiger partial charge in [-0.1, -0.05) is 6.92 Å². The molecule has 2 atom stereocenters. The Balaban J connectivity index is 3.25. The van der Waals surface area contributed by atoms with E-state index >= 15 is 0 Å². The molecule has 0 radical (unpaired) electrons. The zero-order valence-corrected chi connectivity index (χ0v) is 12.1. The molecule has 2 N–H and O–H groups in total. The molecule has 0 aromatic carbocycles. The summed E-state index contributed by atoms with van der Waals surface area (Å²) < 4.78 is 10.4. The van der Waals surface area contributed by atoms with Crippen LogP contribution in [-0.2, 0) is 9.47 Å². The fourth-order valence-corrected chi connectivity index (χ4v) is 2.07. The van der Waals surface area contributed by atoms with E-state index in [1.165, 1.54) is 0 Å². The molecule has 17 heavy (non-hydrogen) atoms. The van der Waals surface area contributed by atoms with Crippen molar-refractivity contribution in [2.75, 3.05) is 51.5 Å². The van der Waals surface area contributed by atoms with Crippen LogP contribution in [0, 0.1) is 5.92 Å². The second-order valence-corrected chi connectivity index (χ2v) is 5.06. The van der Waals surface area contributed by atoms with Crippen LogP contribution in [0.25, 0.3) is 0 Å². The predicted octanol–water partition coefficient (Wildman–Crippen LogP) is 0.989. The molecular weight excluding hydrogens is 238 g/mol. The lowest BCUT2D eigenvalue weighted by Gasteiger charge is -2.15. The summed E-state index contributed by atoms with van der Waals surface area (Å²) in [5.41, 5.74) is 0. The van der Waals surface area contributed by atoms with Crippen LogP contribution < -0.4 is 5.32 Å². The molecule has 0 aromatic rings. The Morgan fingerprint density at radius 3 is 2.59 bits per heavy atom. The van der Waals surface area contributed by atoms with Gasteiger partial charge in [-0.15, -0.1) is 0 Å². The van der Waals surface area contributed by atoms with Gasteiger partial charge in [-0.3, -0.25) is 0 Å². The van der Waals surface area contributed by atoms with E-state index in [4.69, 9.17) is 9.47 Å². The highest BCUT2D eigenvalue weighted by molar-refractivity contribution is 7.98. The van der Waals surface area contributed by atoms with Crippen LogP contribution >= 0.6 is 11.8 Å². The monoisotopic (exact) mass is 265 g/mol. The lowest BCUT2D eigenvalue weighted by atomic mass is 10.2. The van der Waals surface area contributed by atoms with E-state index in [1.54, 1.807) is 0 Å². The largest absolute Gasteiger partial charge is 0.389 e. The molecule has 0 saturated carbocycles. The first-order valence-corrected chi connectivity index (χ1v) is 7.63. The average molecular weight is 265 g/mol. The van der Waals surface area contributed by atoms with E-state index in [0.717, 1.165) is 12.3 Å². The summed E-state index contributed by atoms with van der Waals surface area (Å²) in [5.74, 6) is 1.78. The average Bonchev–Trinajstić information content (AvgIpc) is 2.29. The zero-order chi connectivity index (χ0) is 12.9. The molecule has 0 aliphatic carbocycles. The molecule has 0 bridgehead atoms. The second-order valence-electron chi connectivity index (χ2n) is 4.14. The SMILES string of the molecule is CCOCCOCC(O)CNCC(C)CSC. The molecule has 0 spiro atoms. The summed E-state index contributed by atoms with van der Waals surface area (Å²) in [7, 11) is 0. The molecule has 0 fully saturated rings. The van der Waals surface area contributed by atoms with E-state index < -0.39 is 6.10 Å². The maximum atomic E-state index is 9.61. The molecule has 0 rings (SSSR count). The predicted molar refractivity (Wildman–Crippen MR) is 73.7 cm³/mol. The van der Waals surface area contributed by atoms with Crippen molar-refractivity contribution in [3.8, 4) is 0 Å². The van der Waals surface area contributed by atoms with E-state index in [-0.39, 0.29) is 0 Å². The lowest BCUT2D eigenvalue weighted by Crippen LogP contribution is -2.33. The molecule has 2 unspecified atom stereocenters. The van der Waals surface area contributed by atoms with Gasteiger partial charge in [0.1, 0.15) is 0 Å². The minimum absolute atomic E-state index is 0.372. The highest BCUT2D eigenvalue weighted by atomic mass is 32.2. The summed E-state index contributed by atoms with van der Waals surface area (Å²) in [4.78, 5) is 0. The number of thioether (sulfide) groups is 1.